The molecule has 0 aliphatic heterocycles. The van der Waals surface area contributed by atoms with Crippen molar-refractivity contribution in [1.82, 2.24) is 0 Å². The van der Waals surface area contributed by atoms with Gasteiger partial charge in [0.1, 0.15) is 11.5 Å². The number of alkyl halides is 4. The molecule has 0 fully saturated rings. The number of hydrogen-bond acceptors (Lipinski definition) is 3. The van der Waals surface area contributed by atoms with Crippen LogP contribution in [0.2, 0.25) is 0 Å². The van der Waals surface area contributed by atoms with Crippen LogP contribution >= 0.6 is 11.6 Å². The molecule has 0 saturated heterocycles. The van der Waals surface area contributed by atoms with Gasteiger partial charge in [0.2, 0.25) is 0 Å². The lowest BCUT2D eigenvalue weighted by molar-refractivity contribution is -0.0544. The second-order valence-electron chi connectivity index (χ2n) is 2.69. The molecule has 0 heterocycles. The molecule has 3 nitrogen and oxygen atoms in total. The minimum absolute atomic E-state index is 0.367. The van der Waals surface area contributed by atoms with Gasteiger partial charge in [-0.25, -0.2) is 0 Å². The molecule has 0 unspecified atom stereocenters. The van der Waals surface area contributed by atoms with Crippen LogP contribution in [0.5, 0.6) is 11.5 Å². The molecule has 0 bridgehead atoms. The Morgan fingerprint density at radius 1 is 1.12 bits per heavy atom. The molecule has 17 heavy (non-hydrogen) atoms. The SMILES string of the molecule is O=C(Cl)c1ccc(OC(F)F)cc1OC(F)F. The maximum atomic E-state index is 12.0. The average Bonchev–Trinajstić information content (AvgIpc) is 2.15. The maximum Gasteiger partial charge on any atom is 0.387 e. The van der Waals surface area contributed by atoms with Crippen LogP contribution in [0.15, 0.2) is 18.2 Å². The molecular weight excluding hydrogens is 268 g/mol. The highest BCUT2D eigenvalue weighted by Crippen LogP contribution is 2.28. The average molecular weight is 273 g/mol. The number of hydrogen-bond donors (Lipinski definition) is 0. The molecule has 0 spiro atoms. The first-order chi connectivity index (χ1) is 7.90. The van der Waals surface area contributed by atoms with Crippen molar-refractivity contribution in [3.05, 3.63) is 23.8 Å². The summed E-state index contributed by atoms with van der Waals surface area (Å²) in [6.07, 6.45) is 0. The van der Waals surface area contributed by atoms with Crippen LogP contribution in [-0.2, 0) is 0 Å². The Hall–Kier alpha value is -1.50. The molecule has 0 atom stereocenters. The van der Waals surface area contributed by atoms with E-state index in [-0.39, 0.29) is 5.56 Å². The van der Waals surface area contributed by atoms with Crippen molar-refractivity contribution in [2.24, 2.45) is 0 Å². The zero-order chi connectivity index (χ0) is 13.0. The second kappa shape index (κ2) is 5.72. The van der Waals surface area contributed by atoms with Crippen molar-refractivity contribution in [3.8, 4) is 11.5 Å². The number of ether oxygens (including phenoxy) is 2. The molecule has 0 aliphatic carbocycles. The van der Waals surface area contributed by atoms with Crippen LogP contribution in [-0.4, -0.2) is 18.5 Å². The van der Waals surface area contributed by atoms with Gasteiger partial charge in [0.25, 0.3) is 5.24 Å². The Morgan fingerprint density at radius 2 is 1.71 bits per heavy atom. The van der Waals surface area contributed by atoms with Gasteiger partial charge < -0.3 is 9.47 Å². The summed E-state index contributed by atoms with van der Waals surface area (Å²) in [5.74, 6) is -1.05. The van der Waals surface area contributed by atoms with E-state index in [0.29, 0.717) is 0 Å². The Labute approximate surface area is 97.9 Å². The standard InChI is InChI=1S/C9H5ClF4O3/c10-7(15)5-2-1-4(16-8(11)12)3-6(5)17-9(13)14/h1-3,8-9H. The number of carbonyl (C=O) groups is 1. The molecule has 1 aromatic rings. The Bertz CT molecular complexity index is 411. The van der Waals surface area contributed by atoms with Crippen molar-refractivity contribution in [3.63, 3.8) is 0 Å². The highest BCUT2D eigenvalue weighted by atomic mass is 35.5. The van der Waals surface area contributed by atoms with Crippen LogP contribution in [0, 0.1) is 0 Å². The quantitative estimate of drug-likeness (QED) is 0.609. The fourth-order valence-corrected chi connectivity index (χ4v) is 1.19. The Morgan fingerprint density at radius 3 is 2.18 bits per heavy atom. The van der Waals surface area contributed by atoms with Gasteiger partial charge in [-0.05, 0) is 23.7 Å². The number of rotatable bonds is 5. The normalized spacial score (nSPS) is 10.8. The van der Waals surface area contributed by atoms with Gasteiger partial charge in [0.05, 0.1) is 5.56 Å². The van der Waals surface area contributed by atoms with Crippen molar-refractivity contribution in [1.29, 1.82) is 0 Å². The van der Waals surface area contributed by atoms with E-state index in [1.54, 1.807) is 0 Å². The van der Waals surface area contributed by atoms with Crippen LogP contribution in [0.1, 0.15) is 10.4 Å². The molecule has 1 rings (SSSR count). The van der Waals surface area contributed by atoms with Gasteiger partial charge >= 0.3 is 13.2 Å². The molecule has 0 N–H and O–H groups in total. The largest absolute Gasteiger partial charge is 0.435 e. The molecule has 0 radical (unpaired) electrons. The van der Waals surface area contributed by atoms with Gasteiger partial charge in [0, 0.05) is 6.07 Å². The summed E-state index contributed by atoms with van der Waals surface area (Å²) in [7, 11) is 0. The molecule has 0 saturated carbocycles. The van der Waals surface area contributed by atoms with Crippen LogP contribution < -0.4 is 9.47 Å². The van der Waals surface area contributed by atoms with E-state index in [9.17, 15) is 22.4 Å². The maximum absolute atomic E-state index is 12.0. The Kier molecular flexibility index (Phi) is 4.56. The molecule has 0 aliphatic rings. The van der Waals surface area contributed by atoms with E-state index < -0.39 is 30.0 Å². The minimum Gasteiger partial charge on any atom is -0.435 e. The second-order valence-corrected chi connectivity index (χ2v) is 3.03. The lowest BCUT2D eigenvalue weighted by Crippen LogP contribution is -2.07. The topological polar surface area (TPSA) is 35.5 Å². The molecule has 0 amide bonds. The van der Waals surface area contributed by atoms with Gasteiger partial charge in [-0.2, -0.15) is 17.6 Å². The fraction of sp³-hybridized carbons (Fsp3) is 0.222. The van der Waals surface area contributed by atoms with Gasteiger partial charge in [-0.3, -0.25) is 4.79 Å². The summed E-state index contributed by atoms with van der Waals surface area (Å²) < 4.78 is 55.6. The van der Waals surface area contributed by atoms with Crippen molar-refractivity contribution in [2.45, 2.75) is 13.2 Å². The number of carbonyl (C=O) groups excluding carboxylic acids is 1. The first-order valence-electron chi connectivity index (χ1n) is 4.13. The number of benzene rings is 1. The van der Waals surface area contributed by atoms with E-state index in [0.717, 1.165) is 18.2 Å². The predicted octanol–water partition coefficient (Wildman–Crippen LogP) is 3.27. The number of halogens is 5. The van der Waals surface area contributed by atoms with E-state index in [1.165, 1.54) is 0 Å². The van der Waals surface area contributed by atoms with Gasteiger partial charge in [0.15, 0.2) is 0 Å². The molecule has 1 aromatic carbocycles. The third kappa shape index (κ3) is 4.10. The summed E-state index contributed by atoms with van der Waals surface area (Å²) in [6, 6.07) is 2.67. The molecule has 8 heteroatoms. The zero-order valence-corrected chi connectivity index (χ0v) is 8.76. The van der Waals surface area contributed by atoms with Gasteiger partial charge in [-0.15, -0.1) is 0 Å². The van der Waals surface area contributed by atoms with E-state index in [4.69, 9.17) is 11.6 Å². The van der Waals surface area contributed by atoms with Crippen LogP contribution in [0.25, 0.3) is 0 Å². The monoisotopic (exact) mass is 272 g/mol. The predicted molar refractivity (Wildman–Crippen MR) is 49.9 cm³/mol. The summed E-state index contributed by atoms with van der Waals surface area (Å²) >= 11 is 5.10. The van der Waals surface area contributed by atoms with E-state index >= 15 is 0 Å². The van der Waals surface area contributed by atoms with E-state index in [2.05, 4.69) is 9.47 Å². The zero-order valence-electron chi connectivity index (χ0n) is 8.00. The lowest BCUT2D eigenvalue weighted by atomic mass is 10.2. The molecule has 0 aromatic heterocycles. The summed E-state index contributed by atoms with van der Waals surface area (Å²) in [6.45, 7) is -6.33. The highest BCUT2D eigenvalue weighted by Gasteiger charge is 2.16. The van der Waals surface area contributed by atoms with Crippen LogP contribution in [0.4, 0.5) is 17.6 Å². The third-order valence-electron chi connectivity index (χ3n) is 1.61. The summed E-state index contributed by atoms with van der Waals surface area (Å²) in [5, 5.41) is -1.05. The van der Waals surface area contributed by atoms with Gasteiger partial charge in [-0.1, -0.05) is 0 Å². The smallest absolute Gasteiger partial charge is 0.387 e. The fourth-order valence-electron chi connectivity index (χ4n) is 1.03. The highest BCUT2D eigenvalue weighted by molar-refractivity contribution is 6.68. The first-order valence-corrected chi connectivity index (χ1v) is 4.51. The van der Waals surface area contributed by atoms with Crippen molar-refractivity contribution >= 4 is 16.8 Å². The first kappa shape index (κ1) is 13.6. The van der Waals surface area contributed by atoms with E-state index in [1.807, 2.05) is 0 Å². The third-order valence-corrected chi connectivity index (χ3v) is 1.81. The molecule has 94 valence electrons. The van der Waals surface area contributed by atoms with Crippen LogP contribution in [0.3, 0.4) is 0 Å². The Balaban J connectivity index is 3.05. The molecular formula is C9H5ClF4O3. The minimum atomic E-state index is -3.22. The summed E-state index contributed by atoms with van der Waals surface area (Å²) in [5.41, 5.74) is -0.367. The lowest BCUT2D eigenvalue weighted by Gasteiger charge is -2.10. The van der Waals surface area contributed by atoms with Crippen molar-refractivity contribution < 1.29 is 31.8 Å². The summed E-state index contributed by atoms with van der Waals surface area (Å²) in [4.78, 5) is 10.8. The van der Waals surface area contributed by atoms with Crippen molar-refractivity contribution in [2.75, 3.05) is 0 Å².